The number of nitrogens with one attached hydrogen (secondary N) is 1. The molecule has 3 aromatic rings. The number of aromatic nitrogens is 3. The summed E-state index contributed by atoms with van der Waals surface area (Å²) in [5.41, 5.74) is 3.44. The van der Waals surface area contributed by atoms with E-state index < -0.39 is 0 Å². The molecule has 2 aromatic heterocycles. The van der Waals surface area contributed by atoms with Crippen LogP contribution in [0.2, 0.25) is 0 Å². The van der Waals surface area contributed by atoms with E-state index in [9.17, 15) is 0 Å². The molecule has 0 amide bonds. The van der Waals surface area contributed by atoms with Crippen molar-refractivity contribution in [3.05, 3.63) is 47.9 Å². The Kier molecular flexibility index (Phi) is 2.80. The van der Waals surface area contributed by atoms with Gasteiger partial charge >= 0.3 is 0 Å². The molecule has 4 heteroatoms. The molecule has 0 spiro atoms. The summed E-state index contributed by atoms with van der Waals surface area (Å²) in [4.78, 5) is 12.9. The van der Waals surface area contributed by atoms with Crippen LogP contribution in [0.15, 0.2) is 46.7 Å². The highest BCUT2D eigenvalue weighted by Gasteiger charge is 2.06. The molecule has 0 aliphatic heterocycles. The smallest absolute Gasteiger partial charge is 0.141 e. The van der Waals surface area contributed by atoms with Crippen LogP contribution in [0, 0.1) is 13.8 Å². The van der Waals surface area contributed by atoms with Crippen molar-refractivity contribution in [2.45, 2.75) is 23.8 Å². The highest BCUT2D eigenvalue weighted by molar-refractivity contribution is 7.99. The second-order valence-corrected chi connectivity index (χ2v) is 5.41. The molecule has 3 rings (SSSR count). The van der Waals surface area contributed by atoms with E-state index in [1.807, 2.05) is 12.3 Å². The molecule has 0 radical (unpaired) electrons. The topological polar surface area (TPSA) is 41.6 Å². The van der Waals surface area contributed by atoms with Crippen LogP contribution >= 0.6 is 11.8 Å². The van der Waals surface area contributed by atoms with Crippen molar-refractivity contribution in [2.75, 3.05) is 0 Å². The molecule has 2 heterocycles. The zero-order valence-corrected chi connectivity index (χ0v) is 11.1. The minimum Gasteiger partial charge on any atom is -0.346 e. The molecule has 0 saturated heterocycles. The standard InChI is InChI=1S/C14H13N3S/c1-9-5-10(2)7-11(6-9)18-14-12-3-4-15-13(12)16-8-17-14/h3-8H,1-2H3,(H,15,16,17). The van der Waals surface area contributed by atoms with Crippen molar-refractivity contribution in [3.63, 3.8) is 0 Å². The van der Waals surface area contributed by atoms with Gasteiger partial charge in [0.25, 0.3) is 0 Å². The second-order valence-electron chi connectivity index (χ2n) is 4.34. The normalized spacial score (nSPS) is 11.0. The van der Waals surface area contributed by atoms with E-state index in [0.29, 0.717) is 0 Å². The van der Waals surface area contributed by atoms with Crippen LogP contribution in [0.3, 0.4) is 0 Å². The molecule has 0 aliphatic carbocycles. The Morgan fingerprint density at radius 1 is 1.06 bits per heavy atom. The highest BCUT2D eigenvalue weighted by atomic mass is 32.2. The Labute approximate surface area is 110 Å². The Bertz CT molecular complexity index is 683. The zero-order chi connectivity index (χ0) is 12.5. The predicted octanol–water partition coefficient (Wildman–Crippen LogP) is 3.73. The molecule has 90 valence electrons. The lowest BCUT2D eigenvalue weighted by Crippen LogP contribution is -1.85. The van der Waals surface area contributed by atoms with Crippen molar-refractivity contribution >= 4 is 22.8 Å². The van der Waals surface area contributed by atoms with Crippen molar-refractivity contribution < 1.29 is 0 Å². The van der Waals surface area contributed by atoms with Gasteiger partial charge in [0.05, 0.1) is 5.39 Å². The van der Waals surface area contributed by atoms with Crippen molar-refractivity contribution in [1.29, 1.82) is 0 Å². The van der Waals surface area contributed by atoms with Crippen molar-refractivity contribution in [1.82, 2.24) is 15.0 Å². The van der Waals surface area contributed by atoms with E-state index in [-0.39, 0.29) is 0 Å². The minimum atomic E-state index is 0.886. The Balaban J connectivity index is 2.03. The third-order valence-electron chi connectivity index (χ3n) is 2.73. The molecule has 0 bridgehead atoms. The number of hydrogen-bond donors (Lipinski definition) is 1. The number of hydrogen-bond acceptors (Lipinski definition) is 3. The molecule has 0 saturated carbocycles. The SMILES string of the molecule is Cc1cc(C)cc(Sc2ncnc3[nH]ccc23)c1. The van der Waals surface area contributed by atoms with Gasteiger partial charge in [-0.05, 0) is 43.2 Å². The fraction of sp³-hybridized carbons (Fsp3) is 0.143. The summed E-state index contributed by atoms with van der Waals surface area (Å²) in [6, 6.07) is 8.55. The number of nitrogens with zero attached hydrogens (tertiary/aromatic N) is 2. The summed E-state index contributed by atoms with van der Waals surface area (Å²) in [6.07, 6.45) is 3.49. The quantitative estimate of drug-likeness (QED) is 0.709. The number of H-pyrrole nitrogens is 1. The maximum Gasteiger partial charge on any atom is 0.141 e. The molecule has 3 nitrogen and oxygen atoms in total. The van der Waals surface area contributed by atoms with Gasteiger partial charge in [-0.1, -0.05) is 17.8 Å². The van der Waals surface area contributed by atoms with Gasteiger partial charge in [0.1, 0.15) is 17.0 Å². The number of fused-ring (bicyclic) bond motifs is 1. The van der Waals surface area contributed by atoms with E-state index in [2.05, 4.69) is 47.0 Å². The van der Waals surface area contributed by atoms with Crippen LogP contribution in [0.5, 0.6) is 0 Å². The van der Waals surface area contributed by atoms with E-state index in [4.69, 9.17) is 0 Å². The highest BCUT2D eigenvalue weighted by Crippen LogP contribution is 2.31. The maximum absolute atomic E-state index is 4.37. The fourth-order valence-corrected chi connectivity index (χ4v) is 3.12. The van der Waals surface area contributed by atoms with Gasteiger partial charge in [0.15, 0.2) is 0 Å². The summed E-state index contributed by atoms with van der Waals surface area (Å²) >= 11 is 1.68. The van der Waals surface area contributed by atoms with Gasteiger partial charge in [-0.25, -0.2) is 9.97 Å². The summed E-state index contributed by atoms with van der Waals surface area (Å²) in [6.45, 7) is 4.23. The third-order valence-corrected chi connectivity index (χ3v) is 3.72. The summed E-state index contributed by atoms with van der Waals surface area (Å²) in [5.74, 6) is 0. The van der Waals surface area contributed by atoms with Crippen molar-refractivity contribution in [2.24, 2.45) is 0 Å². The first kappa shape index (κ1) is 11.3. The van der Waals surface area contributed by atoms with Crippen LogP contribution in [0.25, 0.3) is 11.0 Å². The average molecular weight is 255 g/mol. The largest absolute Gasteiger partial charge is 0.346 e. The van der Waals surface area contributed by atoms with E-state index >= 15 is 0 Å². The average Bonchev–Trinajstić information content (AvgIpc) is 2.76. The van der Waals surface area contributed by atoms with E-state index in [1.165, 1.54) is 16.0 Å². The first-order valence-electron chi connectivity index (χ1n) is 5.76. The lowest BCUT2D eigenvalue weighted by Gasteiger charge is -2.04. The van der Waals surface area contributed by atoms with Gasteiger partial charge < -0.3 is 4.98 Å². The number of aromatic amines is 1. The lowest BCUT2D eigenvalue weighted by atomic mass is 10.2. The molecular weight excluding hydrogens is 242 g/mol. The lowest BCUT2D eigenvalue weighted by molar-refractivity contribution is 1.09. The predicted molar refractivity (Wildman–Crippen MR) is 73.9 cm³/mol. The molecule has 0 unspecified atom stereocenters. The monoisotopic (exact) mass is 255 g/mol. The first-order chi connectivity index (χ1) is 8.72. The first-order valence-corrected chi connectivity index (χ1v) is 6.58. The third kappa shape index (κ3) is 2.11. The fourth-order valence-electron chi connectivity index (χ4n) is 2.03. The Morgan fingerprint density at radius 2 is 1.83 bits per heavy atom. The van der Waals surface area contributed by atoms with Crippen LogP contribution < -0.4 is 0 Å². The summed E-state index contributed by atoms with van der Waals surface area (Å²) in [5, 5.41) is 2.06. The van der Waals surface area contributed by atoms with Gasteiger partial charge in [0, 0.05) is 11.1 Å². The van der Waals surface area contributed by atoms with Gasteiger partial charge in [-0.2, -0.15) is 0 Å². The molecule has 18 heavy (non-hydrogen) atoms. The second kappa shape index (κ2) is 4.46. The van der Waals surface area contributed by atoms with Crippen LogP contribution in [0.4, 0.5) is 0 Å². The van der Waals surface area contributed by atoms with Gasteiger partial charge in [-0.3, -0.25) is 0 Å². The van der Waals surface area contributed by atoms with E-state index in [1.54, 1.807) is 18.1 Å². The van der Waals surface area contributed by atoms with E-state index in [0.717, 1.165) is 16.1 Å². The summed E-state index contributed by atoms with van der Waals surface area (Å²) < 4.78 is 0. The van der Waals surface area contributed by atoms with Gasteiger partial charge in [0.2, 0.25) is 0 Å². The van der Waals surface area contributed by atoms with Crippen molar-refractivity contribution in [3.8, 4) is 0 Å². The molecule has 1 aromatic carbocycles. The minimum absolute atomic E-state index is 0.886. The molecular formula is C14H13N3S. The summed E-state index contributed by atoms with van der Waals surface area (Å²) in [7, 11) is 0. The van der Waals surface area contributed by atoms with Gasteiger partial charge in [-0.15, -0.1) is 0 Å². The number of rotatable bonds is 2. The number of benzene rings is 1. The zero-order valence-electron chi connectivity index (χ0n) is 10.3. The van der Waals surface area contributed by atoms with Crippen LogP contribution in [0.1, 0.15) is 11.1 Å². The molecule has 0 aliphatic rings. The molecule has 0 atom stereocenters. The Hall–Kier alpha value is -1.81. The van der Waals surface area contributed by atoms with Crippen LogP contribution in [-0.2, 0) is 0 Å². The Morgan fingerprint density at radius 3 is 2.61 bits per heavy atom. The molecule has 0 fully saturated rings. The number of aryl methyl sites for hydroxylation is 2. The molecule has 1 N–H and O–H groups in total. The maximum atomic E-state index is 4.37. The van der Waals surface area contributed by atoms with Crippen LogP contribution in [-0.4, -0.2) is 15.0 Å².